The monoisotopic (exact) mass is 334 g/mol. The molecule has 0 aliphatic carbocycles. The summed E-state index contributed by atoms with van der Waals surface area (Å²) in [5, 5.41) is 3.33. The van der Waals surface area contributed by atoms with Gasteiger partial charge in [-0.05, 0) is 40.9 Å². The first-order valence-electron chi connectivity index (χ1n) is 6.96. The first kappa shape index (κ1) is 14.9. The summed E-state index contributed by atoms with van der Waals surface area (Å²) in [5.74, 6) is 1.56. The molecule has 0 saturated heterocycles. The molecular formula is C15H19BrN4. The van der Waals surface area contributed by atoms with Crippen molar-refractivity contribution in [3.8, 4) is 11.5 Å². The Bertz CT molecular complexity index is 554. The molecule has 0 unspecified atom stereocenters. The Kier molecular flexibility index (Phi) is 5.47. The highest BCUT2D eigenvalue weighted by molar-refractivity contribution is 9.10. The van der Waals surface area contributed by atoms with E-state index in [1.807, 2.05) is 18.2 Å². The Morgan fingerprint density at radius 1 is 1.15 bits per heavy atom. The summed E-state index contributed by atoms with van der Waals surface area (Å²) in [6.45, 7) is 5.20. The maximum absolute atomic E-state index is 4.60. The number of hydrogen-bond acceptors (Lipinski definition) is 4. The van der Waals surface area contributed by atoms with Gasteiger partial charge >= 0.3 is 0 Å². The van der Waals surface area contributed by atoms with E-state index in [2.05, 4.69) is 50.0 Å². The zero-order chi connectivity index (χ0) is 14.4. The van der Waals surface area contributed by atoms with Gasteiger partial charge in [0.25, 0.3) is 0 Å². The quantitative estimate of drug-likeness (QED) is 0.864. The van der Waals surface area contributed by atoms with Gasteiger partial charge in [-0.1, -0.05) is 20.3 Å². The Morgan fingerprint density at radius 2 is 2.00 bits per heavy atom. The molecule has 1 N–H and O–H groups in total. The van der Waals surface area contributed by atoms with Gasteiger partial charge in [0.2, 0.25) is 0 Å². The molecule has 0 spiro atoms. The van der Waals surface area contributed by atoms with Crippen LogP contribution < -0.4 is 5.32 Å². The Labute approximate surface area is 128 Å². The van der Waals surface area contributed by atoms with Crippen molar-refractivity contribution in [1.29, 1.82) is 0 Å². The van der Waals surface area contributed by atoms with Gasteiger partial charge in [-0.15, -0.1) is 0 Å². The molecular weight excluding hydrogens is 316 g/mol. The van der Waals surface area contributed by atoms with Crippen LogP contribution in [0.15, 0.2) is 28.9 Å². The van der Waals surface area contributed by atoms with Crippen molar-refractivity contribution in [2.75, 3.05) is 11.9 Å². The van der Waals surface area contributed by atoms with E-state index in [-0.39, 0.29) is 0 Å². The topological polar surface area (TPSA) is 50.7 Å². The normalized spacial score (nSPS) is 10.6. The molecule has 4 nitrogen and oxygen atoms in total. The van der Waals surface area contributed by atoms with Gasteiger partial charge in [0.15, 0.2) is 5.82 Å². The van der Waals surface area contributed by atoms with Crippen LogP contribution in [0.4, 0.5) is 5.82 Å². The zero-order valence-electron chi connectivity index (χ0n) is 11.9. The van der Waals surface area contributed by atoms with Crippen molar-refractivity contribution in [3.63, 3.8) is 0 Å². The largest absolute Gasteiger partial charge is 0.370 e. The molecule has 20 heavy (non-hydrogen) atoms. The summed E-state index contributed by atoms with van der Waals surface area (Å²) in [6.07, 6.45) is 4.85. The second-order valence-corrected chi connectivity index (χ2v) is 5.52. The smallest absolute Gasteiger partial charge is 0.180 e. The molecule has 0 aliphatic heterocycles. The SMILES string of the molecule is CCCNc1cc(CCC)nc(-c2ccc(Br)cn2)n1. The first-order chi connectivity index (χ1) is 9.72. The van der Waals surface area contributed by atoms with E-state index in [0.29, 0.717) is 5.82 Å². The van der Waals surface area contributed by atoms with Gasteiger partial charge < -0.3 is 5.32 Å². The fourth-order valence-corrected chi connectivity index (χ4v) is 2.08. The molecule has 2 heterocycles. The van der Waals surface area contributed by atoms with Crippen molar-refractivity contribution >= 4 is 21.7 Å². The highest BCUT2D eigenvalue weighted by atomic mass is 79.9. The summed E-state index contributed by atoms with van der Waals surface area (Å²) in [5.41, 5.74) is 1.85. The average Bonchev–Trinajstić information content (AvgIpc) is 2.46. The second-order valence-electron chi connectivity index (χ2n) is 4.61. The molecule has 0 aliphatic rings. The van der Waals surface area contributed by atoms with Gasteiger partial charge in [0.05, 0.1) is 0 Å². The number of anilines is 1. The molecule has 0 bridgehead atoms. The van der Waals surface area contributed by atoms with E-state index in [4.69, 9.17) is 0 Å². The molecule has 0 radical (unpaired) electrons. The van der Waals surface area contributed by atoms with Gasteiger partial charge in [0.1, 0.15) is 11.5 Å². The lowest BCUT2D eigenvalue weighted by Gasteiger charge is -2.09. The number of halogens is 1. The summed E-state index contributed by atoms with van der Waals surface area (Å²) >= 11 is 3.39. The molecule has 0 amide bonds. The number of aryl methyl sites for hydroxylation is 1. The van der Waals surface area contributed by atoms with Crippen LogP contribution in [-0.2, 0) is 6.42 Å². The fourth-order valence-electron chi connectivity index (χ4n) is 1.85. The number of rotatable bonds is 6. The predicted molar refractivity (Wildman–Crippen MR) is 85.7 cm³/mol. The Hall–Kier alpha value is -1.49. The summed E-state index contributed by atoms with van der Waals surface area (Å²) in [6, 6.07) is 5.91. The van der Waals surface area contributed by atoms with E-state index < -0.39 is 0 Å². The van der Waals surface area contributed by atoms with E-state index in [1.165, 1.54) is 0 Å². The number of nitrogens with zero attached hydrogens (tertiary/aromatic N) is 3. The van der Waals surface area contributed by atoms with E-state index in [1.54, 1.807) is 6.20 Å². The third kappa shape index (κ3) is 4.00. The van der Waals surface area contributed by atoms with Crippen molar-refractivity contribution in [2.24, 2.45) is 0 Å². The Balaban J connectivity index is 2.34. The lowest BCUT2D eigenvalue weighted by atomic mass is 10.2. The highest BCUT2D eigenvalue weighted by Gasteiger charge is 2.07. The molecule has 0 atom stereocenters. The molecule has 0 saturated carbocycles. The van der Waals surface area contributed by atoms with Gasteiger partial charge in [0, 0.05) is 29.0 Å². The maximum atomic E-state index is 4.60. The molecule has 0 fully saturated rings. The average molecular weight is 335 g/mol. The minimum Gasteiger partial charge on any atom is -0.370 e. The Morgan fingerprint density at radius 3 is 2.65 bits per heavy atom. The lowest BCUT2D eigenvalue weighted by molar-refractivity contribution is 0.871. The molecule has 2 aromatic heterocycles. The van der Waals surface area contributed by atoms with Gasteiger partial charge in [-0.3, -0.25) is 4.98 Å². The summed E-state index contributed by atoms with van der Waals surface area (Å²) in [7, 11) is 0. The zero-order valence-corrected chi connectivity index (χ0v) is 13.4. The predicted octanol–water partition coefficient (Wildman–Crippen LogP) is 4.08. The van der Waals surface area contributed by atoms with Crippen molar-refractivity contribution in [1.82, 2.24) is 15.0 Å². The van der Waals surface area contributed by atoms with Crippen LogP contribution in [0.5, 0.6) is 0 Å². The molecule has 0 aromatic carbocycles. The molecule has 2 rings (SSSR count). The lowest BCUT2D eigenvalue weighted by Crippen LogP contribution is -2.06. The molecule has 106 valence electrons. The van der Waals surface area contributed by atoms with Crippen LogP contribution in [0.2, 0.25) is 0 Å². The van der Waals surface area contributed by atoms with Crippen LogP contribution >= 0.6 is 15.9 Å². The van der Waals surface area contributed by atoms with Crippen LogP contribution in [0.3, 0.4) is 0 Å². The first-order valence-corrected chi connectivity index (χ1v) is 7.76. The van der Waals surface area contributed by atoms with Crippen LogP contribution in [0, 0.1) is 0 Å². The van der Waals surface area contributed by atoms with E-state index in [0.717, 1.165) is 47.5 Å². The van der Waals surface area contributed by atoms with Gasteiger partial charge in [-0.25, -0.2) is 9.97 Å². The van der Waals surface area contributed by atoms with Crippen molar-refractivity contribution in [2.45, 2.75) is 33.1 Å². The number of aromatic nitrogens is 3. The van der Waals surface area contributed by atoms with E-state index in [9.17, 15) is 0 Å². The maximum Gasteiger partial charge on any atom is 0.180 e. The summed E-state index contributed by atoms with van der Waals surface area (Å²) < 4.78 is 0.954. The standard InChI is InChI=1S/C15H19BrN4/c1-3-5-12-9-14(17-8-4-2)20-15(19-12)13-7-6-11(16)10-18-13/h6-7,9-10H,3-5,8H2,1-2H3,(H,17,19,20). The van der Waals surface area contributed by atoms with Crippen LogP contribution in [0.25, 0.3) is 11.5 Å². The molecule has 2 aromatic rings. The van der Waals surface area contributed by atoms with Crippen LogP contribution in [0.1, 0.15) is 32.4 Å². The highest BCUT2D eigenvalue weighted by Crippen LogP contribution is 2.18. The number of hydrogen-bond donors (Lipinski definition) is 1. The third-order valence-electron chi connectivity index (χ3n) is 2.80. The summed E-state index contributed by atoms with van der Waals surface area (Å²) in [4.78, 5) is 13.5. The van der Waals surface area contributed by atoms with Crippen molar-refractivity contribution in [3.05, 3.63) is 34.6 Å². The van der Waals surface area contributed by atoms with Gasteiger partial charge in [-0.2, -0.15) is 0 Å². The fraction of sp³-hybridized carbons (Fsp3) is 0.400. The minimum absolute atomic E-state index is 0.682. The number of pyridine rings is 1. The molecule has 5 heteroatoms. The minimum atomic E-state index is 0.682. The van der Waals surface area contributed by atoms with E-state index >= 15 is 0 Å². The number of nitrogens with one attached hydrogen (secondary N) is 1. The van der Waals surface area contributed by atoms with Crippen molar-refractivity contribution < 1.29 is 0 Å². The third-order valence-corrected chi connectivity index (χ3v) is 3.27. The second kappa shape index (κ2) is 7.33. The van der Waals surface area contributed by atoms with Crippen LogP contribution in [-0.4, -0.2) is 21.5 Å².